The van der Waals surface area contributed by atoms with Crippen molar-refractivity contribution in [1.29, 1.82) is 5.26 Å². The maximum atomic E-state index is 13.6. The van der Waals surface area contributed by atoms with Gasteiger partial charge in [-0.1, -0.05) is 30.7 Å². The highest BCUT2D eigenvalue weighted by Crippen LogP contribution is 2.34. The SMILES string of the molecule is CCC(C)OC(=O)N(C)C1CN(C(=O)C2CCN(c3ccc(C#N)cn3)CC2)CC1c1ccc(Cl)cc1. The number of ether oxygens (including phenoxy) is 1. The molecule has 3 unspecified atom stereocenters. The number of benzene rings is 1. The average molecular weight is 524 g/mol. The van der Waals surface area contributed by atoms with E-state index in [4.69, 9.17) is 21.6 Å². The van der Waals surface area contributed by atoms with Crippen LogP contribution in [0.3, 0.4) is 0 Å². The van der Waals surface area contributed by atoms with Gasteiger partial charge in [0.1, 0.15) is 18.0 Å². The average Bonchev–Trinajstić information content (AvgIpc) is 3.38. The highest BCUT2D eigenvalue weighted by atomic mass is 35.5. The molecule has 0 bridgehead atoms. The Kier molecular flexibility index (Phi) is 8.55. The Labute approximate surface area is 223 Å². The number of aromatic nitrogens is 1. The fourth-order valence-electron chi connectivity index (χ4n) is 5.12. The summed E-state index contributed by atoms with van der Waals surface area (Å²) in [7, 11) is 1.76. The molecule has 0 N–H and O–H groups in total. The number of hydrogen-bond donors (Lipinski definition) is 0. The van der Waals surface area contributed by atoms with Gasteiger partial charge in [-0.15, -0.1) is 0 Å². The zero-order valence-electron chi connectivity index (χ0n) is 21.6. The first-order chi connectivity index (χ1) is 17.8. The molecular formula is C28H34ClN5O3. The molecule has 0 saturated carbocycles. The number of piperidine rings is 1. The Hall–Kier alpha value is -3.31. The largest absolute Gasteiger partial charge is 0.446 e. The molecule has 1 aromatic heterocycles. The molecule has 0 radical (unpaired) electrons. The van der Waals surface area contributed by atoms with Gasteiger partial charge in [0, 0.05) is 56.3 Å². The third-order valence-electron chi connectivity index (χ3n) is 7.61. The predicted molar refractivity (Wildman–Crippen MR) is 142 cm³/mol. The van der Waals surface area contributed by atoms with Crippen LogP contribution in [0.4, 0.5) is 10.6 Å². The number of likely N-dealkylation sites (N-methyl/N-ethyl adjacent to an activating group) is 1. The Balaban J connectivity index is 1.44. The zero-order chi connectivity index (χ0) is 26.5. The minimum Gasteiger partial charge on any atom is -0.446 e. The van der Waals surface area contributed by atoms with E-state index in [0.717, 1.165) is 43.7 Å². The van der Waals surface area contributed by atoms with E-state index in [0.29, 0.717) is 23.7 Å². The fraction of sp³-hybridized carbons (Fsp3) is 0.500. The van der Waals surface area contributed by atoms with Crippen LogP contribution in [0.5, 0.6) is 0 Å². The van der Waals surface area contributed by atoms with Gasteiger partial charge in [0.2, 0.25) is 5.91 Å². The first-order valence-electron chi connectivity index (χ1n) is 12.9. The molecule has 1 aromatic carbocycles. The van der Waals surface area contributed by atoms with Crippen molar-refractivity contribution in [2.45, 2.75) is 51.2 Å². The molecule has 3 atom stereocenters. The lowest BCUT2D eigenvalue weighted by molar-refractivity contribution is -0.135. The highest BCUT2D eigenvalue weighted by molar-refractivity contribution is 6.30. The number of anilines is 1. The number of hydrogen-bond acceptors (Lipinski definition) is 6. The smallest absolute Gasteiger partial charge is 0.410 e. The molecule has 8 nitrogen and oxygen atoms in total. The van der Waals surface area contributed by atoms with Crippen LogP contribution < -0.4 is 4.90 Å². The maximum Gasteiger partial charge on any atom is 0.410 e. The standard InChI is InChI=1S/C28H34ClN5O3/c1-4-19(2)37-28(36)32(3)25-18-34(17-24(25)21-6-8-23(29)9-7-21)27(35)22-11-13-33(14-12-22)26-10-5-20(15-30)16-31-26/h5-10,16,19,22,24-25H,4,11-14,17-18H2,1-3H3. The quantitative estimate of drug-likeness (QED) is 0.546. The van der Waals surface area contributed by atoms with Gasteiger partial charge in [0.25, 0.3) is 0 Å². The summed E-state index contributed by atoms with van der Waals surface area (Å²) in [5.41, 5.74) is 1.58. The summed E-state index contributed by atoms with van der Waals surface area (Å²) in [6, 6.07) is 13.2. The molecule has 0 aliphatic carbocycles. The lowest BCUT2D eigenvalue weighted by atomic mass is 9.93. The fourth-order valence-corrected chi connectivity index (χ4v) is 5.25. The number of nitrogens with zero attached hydrogens (tertiary/aromatic N) is 5. The van der Waals surface area contributed by atoms with Gasteiger partial charge in [-0.25, -0.2) is 9.78 Å². The Bertz CT molecular complexity index is 1130. The van der Waals surface area contributed by atoms with Gasteiger partial charge < -0.3 is 19.4 Å². The molecule has 2 fully saturated rings. The number of nitriles is 1. The van der Waals surface area contributed by atoms with Crippen molar-refractivity contribution in [3.63, 3.8) is 0 Å². The summed E-state index contributed by atoms with van der Waals surface area (Å²) >= 11 is 6.12. The summed E-state index contributed by atoms with van der Waals surface area (Å²) in [5.74, 6) is 0.864. The van der Waals surface area contributed by atoms with Crippen molar-refractivity contribution >= 4 is 29.4 Å². The summed E-state index contributed by atoms with van der Waals surface area (Å²) < 4.78 is 5.59. The van der Waals surface area contributed by atoms with E-state index >= 15 is 0 Å². The van der Waals surface area contributed by atoms with Crippen LogP contribution in [0.25, 0.3) is 0 Å². The van der Waals surface area contributed by atoms with Gasteiger partial charge in [0.05, 0.1) is 11.6 Å². The van der Waals surface area contributed by atoms with Gasteiger partial charge in [-0.05, 0) is 56.0 Å². The van der Waals surface area contributed by atoms with E-state index in [1.165, 1.54) is 0 Å². The summed E-state index contributed by atoms with van der Waals surface area (Å²) in [6.45, 7) is 6.33. The molecule has 2 aromatic rings. The predicted octanol–water partition coefficient (Wildman–Crippen LogP) is 4.68. The third-order valence-corrected chi connectivity index (χ3v) is 7.86. The summed E-state index contributed by atoms with van der Waals surface area (Å²) in [6.07, 6.45) is 3.26. The molecule has 196 valence electrons. The highest BCUT2D eigenvalue weighted by Gasteiger charge is 2.42. The number of amides is 2. The topological polar surface area (TPSA) is 89.8 Å². The van der Waals surface area contributed by atoms with Crippen LogP contribution >= 0.6 is 11.6 Å². The number of pyridine rings is 1. The summed E-state index contributed by atoms with van der Waals surface area (Å²) in [4.78, 5) is 36.6. The molecule has 2 amide bonds. The Morgan fingerprint density at radius 2 is 1.89 bits per heavy atom. The van der Waals surface area contributed by atoms with E-state index in [-0.39, 0.29) is 36.0 Å². The Morgan fingerprint density at radius 1 is 1.19 bits per heavy atom. The van der Waals surface area contributed by atoms with Crippen molar-refractivity contribution in [2.24, 2.45) is 5.92 Å². The molecule has 37 heavy (non-hydrogen) atoms. The van der Waals surface area contributed by atoms with E-state index in [1.54, 1.807) is 24.2 Å². The minimum atomic E-state index is -0.365. The molecule has 2 saturated heterocycles. The maximum absolute atomic E-state index is 13.6. The van der Waals surface area contributed by atoms with Crippen molar-refractivity contribution in [2.75, 3.05) is 38.1 Å². The summed E-state index contributed by atoms with van der Waals surface area (Å²) in [5, 5.41) is 9.65. The van der Waals surface area contributed by atoms with Crippen molar-refractivity contribution in [1.82, 2.24) is 14.8 Å². The van der Waals surface area contributed by atoms with Crippen molar-refractivity contribution < 1.29 is 14.3 Å². The van der Waals surface area contributed by atoms with Crippen molar-refractivity contribution in [3.8, 4) is 6.07 Å². The lowest BCUT2D eigenvalue weighted by Crippen LogP contribution is -2.45. The van der Waals surface area contributed by atoms with E-state index < -0.39 is 0 Å². The lowest BCUT2D eigenvalue weighted by Gasteiger charge is -2.34. The molecular weight excluding hydrogens is 490 g/mol. The van der Waals surface area contributed by atoms with Crippen molar-refractivity contribution in [3.05, 3.63) is 58.7 Å². The number of halogens is 1. The van der Waals surface area contributed by atoms with E-state index in [2.05, 4.69) is 16.0 Å². The van der Waals surface area contributed by atoms with Crippen LogP contribution in [-0.4, -0.2) is 72.2 Å². The van der Waals surface area contributed by atoms with Crippen LogP contribution in [-0.2, 0) is 9.53 Å². The number of carbonyl (C=O) groups is 2. The second-order valence-corrected chi connectivity index (χ2v) is 10.4. The normalized spacial score (nSPS) is 20.8. The van der Waals surface area contributed by atoms with E-state index in [9.17, 15) is 9.59 Å². The second-order valence-electron chi connectivity index (χ2n) is 9.96. The minimum absolute atomic E-state index is 0.0290. The molecule has 4 rings (SSSR count). The number of rotatable bonds is 6. The number of likely N-dealkylation sites (tertiary alicyclic amines) is 1. The van der Waals surface area contributed by atoms with Gasteiger partial charge in [-0.2, -0.15) is 5.26 Å². The van der Waals surface area contributed by atoms with Crippen LogP contribution in [0.15, 0.2) is 42.6 Å². The molecule has 0 spiro atoms. The first-order valence-corrected chi connectivity index (χ1v) is 13.3. The first kappa shape index (κ1) is 26.7. The Morgan fingerprint density at radius 3 is 2.49 bits per heavy atom. The molecule has 3 heterocycles. The van der Waals surface area contributed by atoms with E-state index in [1.807, 2.05) is 49.1 Å². The van der Waals surface area contributed by atoms with Gasteiger partial charge >= 0.3 is 6.09 Å². The van der Waals surface area contributed by atoms with Crippen LogP contribution in [0.1, 0.15) is 50.2 Å². The van der Waals surface area contributed by atoms with Crippen LogP contribution in [0, 0.1) is 17.2 Å². The van der Waals surface area contributed by atoms with Crippen LogP contribution in [0.2, 0.25) is 5.02 Å². The van der Waals surface area contributed by atoms with Gasteiger partial charge in [-0.3, -0.25) is 4.79 Å². The molecule has 2 aliphatic rings. The molecule has 9 heteroatoms. The van der Waals surface area contributed by atoms with Gasteiger partial charge in [0.15, 0.2) is 0 Å². The molecule has 2 aliphatic heterocycles. The number of carbonyl (C=O) groups excluding carboxylic acids is 2. The third kappa shape index (κ3) is 6.16. The zero-order valence-corrected chi connectivity index (χ0v) is 22.4. The second kappa shape index (κ2) is 11.8. The monoisotopic (exact) mass is 523 g/mol.